The van der Waals surface area contributed by atoms with E-state index in [2.05, 4.69) is 6.58 Å². The van der Waals surface area contributed by atoms with Gasteiger partial charge in [0.2, 0.25) is 11.8 Å². The summed E-state index contributed by atoms with van der Waals surface area (Å²) in [6.45, 7) is 7.49. The maximum Gasteiger partial charge on any atom is 0.221 e. The van der Waals surface area contributed by atoms with Crippen molar-refractivity contribution in [3.63, 3.8) is 0 Å². The van der Waals surface area contributed by atoms with Crippen LogP contribution in [0.15, 0.2) is 12.7 Å². The molecule has 2 amide bonds. The summed E-state index contributed by atoms with van der Waals surface area (Å²) >= 11 is 0. The van der Waals surface area contributed by atoms with Crippen molar-refractivity contribution in [1.29, 1.82) is 0 Å². The van der Waals surface area contributed by atoms with Gasteiger partial charge in [-0.05, 0) is 18.8 Å². The number of hydrogen-bond acceptors (Lipinski definition) is 2. The summed E-state index contributed by atoms with van der Waals surface area (Å²) in [5.41, 5.74) is 10.5. The SMILES string of the molecule is C=CCC(C(N)=O)C(CC(C)C)C(N)=O. The number of hydrogen-bond donors (Lipinski definition) is 2. The third-order valence-electron chi connectivity index (χ3n) is 2.36. The van der Waals surface area contributed by atoms with E-state index >= 15 is 0 Å². The lowest BCUT2D eigenvalue weighted by molar-refractivity contribution is -0.131. The van der Waals surface area contributed by atoms with Gasteiger partial charge in [-0.15, -0.1) is 6.58 Å². The molecule has 0 aliphatic rings. The number of rotatable bonds is 7. The smallest absolute Gasteiger partial charge is 0.221 e. The van der Waals surface area contributed by atoms with Crippen LogP contribution in [0.3, 0.4) is 0 Å². The minimum absolute atomic E-state index is 0.300. The third-order valence-corrected chi connectivity index (χ3v) is 2.36. The van der Waals surface area contributed by atoms with E-state index in [1.807, 2.05) is 13.8 Å². The molecule has 0 aliphatic heterocycles. The molecule has 0 radical (unpaired) electrons. The Morgan fingerprint density at radius 1 is 1.20 bits per heavy atom. The second-order valence-corrected chi connectivity index (χ2v) is 4.17. The van der Waals surface area contributed by atoms with Crippen molar-refractivity contribution in [1.82, 2.24) is 0 Å². The van der Waals surface area contributed by atoms with Crippen LogP contribution in [0.25, 0.3) is 0 Å². The predicted molar refractivity (Wildman–Crippen MR) is 59.6 cm³/mol. The molecule has 4 N–H and O–H groups in total. The molecule has 0 spiro atoms. The van der Waals surface area contributed by atoms with Gasteiger partial charge in [-0.3, -0.25) is 9.59 Å². The van der Waals surface area contributed by atoms with Gasteiger partial charge < -0.3 is 11.5 Å². The minimum Gasteiger partial charge on any atom is -0.369 e. The van der Waals surface area contributed by atoms with Gasteiger partial charge in [0.05, 0.1) is 5.92 Å². The maximum absolute atomic E-state index is 11.2. The highest BCUT2D eigenvalue weighted by Gasteiger charge is 2.30. The standard InChI is InChI=1S/C11H20N2O2/c1-4-5-8(10(12)14)9(11(13)15)6-7(2)3/h4,7-9H,1,5-6H2,2-3H3,(H2,12,14)(H2,13,15). The summed E-state index contributed by atoms with van der Waals surface area (Å²) in [6.07, 6.45) is 2.57. The largest absolute Gasteiger partial charge is 0.369 e. The van der Waals surface area contributed by atoms with Crippen LogP contribution in [0.4, 0.5) is 0 Å². The van der Waals surface area contributed by atoms with Crippen molar-refractivity contribution < 1.29 is 9.59 Å². The van der Waals surface area contributed by atoms with Gasteiger partial charge in [-0.2, -0.15) is 0 Å². The van der Waals surface area contributed by atoms with Gasteiger partial charge in [0, 0.05) is 5.92 Å². The van der Waals surface area contributed by atoms with E-state index in [1.54, 1.807) is 6.08 Å². The Labute approximate surface area is 90.7 Å². The number of carbonyl (C=O) groups excluding carboxylic acids is 2. The number of nitrogens with two attached hydrogens (primary N) is 2. The predicted octanol–water partition coefficient (Wildman–Crippen LogP) is 0.812. The monoisotopic (exact) mass is 212 g/mol. The minimum atomic E-state index is -0.526. The highest BCUT2D eigenvalue weighted by Crippen LogP contribution is 2.23. The molecule has 0 rings (SSSR count). The van der Waals surface area contributed by atoms with E-state index < -0.39 is 23.7 Å². The van der Waals surface area contributed by atoms with Crippen LogP contribution in [0.1, 0.15) is 26.7 Å². The Morgan fingerprint density at radius 3 is 1.93 bits per heavy atom. The first-order valence-corrected chi connectivity index (χ1v) is 5.09. The van der Waals surface area contributed by atoms with Crippen LogP contribution in [0.5, 0.6) is 0 Å². The Balaban J connectivity index is 4.74. The molecule has 4 nitrogen and oxygen atoms in total. The molecule has 0 saturated heterocycles. The average molecular weight is 212 g/mol. The Bertz CT molecular complexity index is 249. The van der Waals surface area contributed by atoms with Crippen LogP contribution in [0.2, 0.25) is 0 Å². The van der Waals surface area contributed by atoms with Crippen LogP contribution in [-0.2, 0) is 9.59 Å². The third kappa shape index (κ3) is 4.63. The van der Waals surface area contributed by atoms with Gasteiger partial charge in [0.15, 0.2) is 0 Å². The number of allylic oxidation sites excluding steroid dienone is 1. The van der Waals surface area contributed by atoms with Crippen molar-refractivity contribution in [3.05, 3.63) is 12.7 Å². The van der Waals surface area contributed by atoms with Crippen molar-refractivity contribution in [3.8, 4) is 0 Å². The second kappa shape index (κ2) is 6.22. The van der Waals surface area contributed by atoms with E-state index in [9.17, 15) is 9.59 Å². The molecule has 15 heavy (non-hydrogen) atoms. The van der Waals surface area contributed by atoms with Gasteiger partial charge in [-0.25, -0.2) is 0 Å². The van der Waals surface area contributed by atoms with Crippen molar-refractivity contribution in [2.45, 2.75) is 26.7 Å². The molecule has 0 aromatic carbocycles. The zero-order valence-corrected chi connectivity index (χ0v) is 9.40. The summed E-state index contributed by atoms with van der Waals surface area (Å²) in [5, 5.41) is 0. The normalized spacial score (nSPS) is 14.6. The highest BCUT2D eigenvalue weighted by molar-refractivity contribution is 5.86. The second-order valence-electron chi connectivity index (χ2n) is 4.17. The van der Waals surface area contributed by atoms with Crippen LogP contribution in [0, 0.1) is 17.8 Å². The molecule has 0 saturated carbocycles. The van der Waals surface area contributed by atoms with Gasteiger partial charge in [0.25, 0.3) is 0 Å². The van der Waals surface area contributed by atoms with E-state index in [4.69, 9.17) is 11.5 Å². The molecule has 0 aliphatic carbocycles. The Hall–Kier alpha value is -1.32. The molecule has 2 unspecified atom stereocenters. The molecular formula is C11H20N2O2. The average Bonchev–Trinajstić information content (AvgIpc) is 2.09. The first-order chi connectivity index (χ1) is 6.90. The fraction of sp³-hybridized carbons (Fsp3) is 0.636. The molecule has 0 aromatic heterocycles. The topological polar surface area (TPSA) is 86.2 Å². The molecule has 0 fully saturated rings. The van der Waals surface area contributed by atoms with Gasteiger partial charge in [0.1, 0.15) is 0 Å². The van der Waals surface area contributed by atoms with E-state index in [0.717, 1.165) is 0 Å². The summed E-state index contributed by atoms with van der Waals surface area (Å²) < 4.78 is 0. The number of primary amides is 2. The first kappa shape index (κ1) is 13.7. The van der Waals surface area contributed by atoms with E-state index in [0.29, 0.717) is 18.8 Å². The fourth-order valence-electron chi connectivity index (χ4n) is 1.64. The van der Waals surface area contributed by atoms with Gasteiger partial charge >= 0.3 is 0 Å². The first-order valence-electron chi connectivity index (χ1n) is 5.09. The Kier molecular flexibility index (Phi) is 5.67. The van der Waals surface area contributed by atoms with E-state index in [1.165, 1.54) is 0 Å². The molecule has 0 aromatic rings. The molecule has 86 valence electrons. The van der Waals surface area contributed by atoms with Crippen LogP contribution >= 0.6 is 0 Å². The summed E-state index contributed by atoms with van der Waals surface area (Å²) in [5.74, 6) is -1.66. The number of amides is 2. The fourth-order valence-corrected chi connectivity index (χ4v) is 1.64. The summed E-state index contributed by atoms with van der Waals surface area (Å²) in [6, 6.07) is 0. The molecule has 0 bridgehead atoms. The lowest BCUT2D eigenvalue weighted by Gasteiger charge is -2.22. The summed E-state index contributed by atoms with van der Waals surface area (Å²) in [7, 11) is 0. The van der Waals surface area contributed by atoms with Gasteiger partial charge in [-0.1, -0.05) is 19.9 Å². The molecule has 0 heterocycles. The van der Waals surface area contributed by atoms with Crippen LogP contribution < -0.4 is 11.5 Å². The summed E-state index contributed by atoms with van der Waals surface area (Å²) in [4.78, 5) is 22.4. The maximum atomic E-state index is 11.2. The van der Waals surface area contributed by atoms with Crippen LogP contribution in [-0.4, -0.2) is 11.8 Å². The highest BCUT2D eigenvalue weighted by atomic mass is 16.2. The zero-order valence-electron chi connectivity index (χ0n) is 9.40. The lowest BCUT2D eigenvalue weighted by Crippen LogP contribution is -2.38. The Morgan fingerprint density at radius 2 is 1.67 bits per heavy atom. The number of carbonyl (C=O) groups is 2. The molecule has 2 atom stereocenters. The van der Waals surface area contributed by atoms with Crippen molar-refractivity contribution in [2.24, 2.45) is 29.2 Å². The quantitative estimate of drug-likeness (QED) is 0.612. The van der Waals surface area contributed by atoms with E-state index in [-0.39, 0.29) is 0 Å². The van der Waals surface area contributed by atoms with Crippen molar-refractivity contribution >= 4 is 11.8 Å². The molecule has 4 heteroatoms. The zero-order chi connectivity index (χ0) is 12.0. The van der Waals surface area contributed by atoms with Crippen molar-refractivity contribution in [2.75, 3.05) is 0 Å². The molecular weight excluding hydrogens is 192 g/mol. The lowest BCUT2D eigenvalue weighted by atomic mass is 9.82.